The van der Waals surface area contributed by atoms with Gasteiger partial charge in [-0.1, -0.05) is 48.3 Å². The molecule has 1 aliphatic carbocycles. The summed E-state index contributed by atoms with van der Waals surface area (Å²) >= 11 is 0. The van der Waals surface area contributed by atoms with Gasteiger partial charge >= 0.3 is 6.03 Å². The molecule has 3 rings (SSSR count). The molecule has 7 heteroatoms. The van der Waals surface area contributed by atoms with Crippen LogP contribution in [0.4, 0.5) is 4.79 Å². The average Bonchev–Trinajstić information content (AvgIpc) is 3.24. The Morgan fingerprint density at radius 3 is 2.76 bits per heavy atom. The molecule has 1 fully saturated rings. The highest BCUT2D eigenvalue weighted by Gasteiger charge is 2.31. The van der Waals surface area contributed by atoms with Gasteiger partial charge in [0.25, 0.3) is 0 Å². The molecular weight excluding hydrogens is 320 g/mol. The standard InChI is InChI=1S/C18H24N4O3/c1-13(20-17(23)19-12-18(24)9-5-6-10-18)16-21-15(22-25-16)11-14-7-3-2-4-8-14/h2-4,7-8,13,24H,5-6,9-12H2,1H3,(H2,19,20,23). The number of amides is 2. The minimum absolute atomic E-state index is 0.259. The van der Waals surface area contributed by atoms with Crippen molar-refractivity contribution in [3.8, 4) is 0 Å². The Morgan fingerprint density at radius 1 is 1.32 bits per heavy atom. The summed E-state index contributed by atoms with van der Waals surface area (Å²) in [4.78, 5) is 16.3. The van der Waals surface area contributed by atoms with Gasteiger partial charge in [-0.25, -0.2) is 4.79 Å². The Kier molecular flexibility index (Phi) is 5.33. The average molecular weight is 344 g/mol. The topological polar surface area (TPSA) is 100 Å². The minimum atomic E-state index is -0.770. The molecule has 0 saturated heterocycles. The first kappa shape index (κ1) is 17.4. The van der Waals surface area contributed by atoms with Crippen LogP contribution in [-0.4, -0.2) is 33.4 Å². The normalized spacial score (nSPS) is 17.2. The van der Waals surface area contributed by atoms with Crippen LogP contribution in [0, 0.1) is 0 Å². The molecule has 2 amide bonds. The van der Waals surface area contributed by atoms with Gasteiger partial charge in [0.2, 0.25) is 5.89 Å². The van der Waals surface area contributed by atoms with Gasteiger partial charge in [-0.05, 0) is 25.3 Å². The van der Waals surface area contributed by atoms with E-state index in [1.807, 2.05) is 30.3 Å². The highest BCUT2D eigenvalue weighted by atomic mass is 16.5. The lowest BCUT2D eigenvalue weighted by Gasteiger charge is -2.22. The largest absolute Gasteiger partial charge is 0.388 e. The SMILES string of the molecule is CC(NC(=O)NCC1(O)CCCC1)c1nc(Cc2ccccc2)no1. The van der Waals surface area contributed by atoms with Gasteiger partial charge in [0.05, 0.1) is 5.60 Å². The molecule has 134 valence electrons. The second kappa shape index (κ2) is 7.65. The third-order valence-corrected chi connectivity index (χ3v) is 4.52. The minimum Gasteiger partial charge on any atom is -0.388 e. The summed E-state index contributed by atoms with van der Waals surface area (Å²) in [6.07, 6.45) is 4.05. The Hall–Kier alpha value is -2.41. The molecule has 0 aliphatic heterocycles. The van der Waals surface area contributed by atoms with Crippen LogP contribution in [-0.2, 0) is 6.42 Å². The summed E-state index contributed by atoms with van der Waals surface area (Å²) in [7, 11) is 0. The Morgan fingerprint density at radius 2 is 2.04 bits per heavy atom. The van der Waals surface area contributed by atoms with Crippen molar-refractivity contribution in [2.45, 2.75) is 50.7 Å². The quantitative estimate of drug-likeness (QED) is 0.747. The fraction of sp³-hybridized carbons (Fsp3) is 0.500. The number of nitrogens with one attached hydrogen (secondary N) is 2. The van der Waals surface area contributed by atoms with Crippen molar-refractivity contribution < 1.29 is 14.4 Å². The first-order chi connectivity index (χ1) is 12.0. The Balaban J connectivity index is 1.49. The van der Waals surface area contributed by atoms with E-state index in [2.05, 4.69) is 20.8 Å². The smallest absolute Gasteiger partial charge is 0.315 e. The molecule has 0 radical (unpaired) electrons. The van der Waals surface area contributed by atoms with Crippen molar-refractivity contribution in [2.75, 3.05) is 6.54 Å². The summed E-state index contributed by atoms with van der Waals surface area (Å²) in [5, 5.41) is 19.7. The lowest BCUT2D eigenvalue weighted by molar-refractivity contribution is 0.0500. The molecule has 7 nitrogen and oxygen atoms in total. The number of benzene rings is 1. The van der Waals surface area contributed by atoms with Gasteiger partial charge in [-0.3, -0.25) is 0 Å². The van der Waals surface area contributed by atoms with Gasteiger partial charge < -0.3 is 20.3 Å². The van der Waals surface area contributed by atoms with Gasteiger partial charge in [-0.15, -0.1) is 0 Å². The van der Waals surface area contributed by atoms with Crippen LogP contribution in [0.5, 0.6) is 0 Å². The number of rotatable bonds is 6. The maximum absolute atomic E-state index is 12.0. The van der Waals surface area contributed by atoms with Crippen molar-refractivity contribution in [1.29, 1.82) is 0 Å². The summed E-state index contributed by atoms with van der Waals surface area (Å²) in [5.74, 6) is 0.941. The predicted octanol–water partition coefficient (Wildman–Crippen LogP) is 2.33. The van der Waals surface area contributed by atoms with Crippen LogP contribution in [0.2, 0.25) is 0 Å². The molecule has 1 atom stereocenters. The maximum atomic E-state index is 12.0. The van der Waals surface area contributed by atoms with Crippen LogP contribution >= 0.6 is 0 Å². The van der Waals surface area contributed by atoms with Gasteiger partial charge in [-0.2, -0.15) is 4.98 Å². The van der Waals surface area contributed by atoms with E-state index in [1.165, 1.54) is 0 Å². The number of aromatic nitrogens is 2. The molecule has 0 bridgehead atoms. The third kappa shape index (κ3) is 4.79. The third-order valence-electron chi connectivity index (χ3n) is 4.52. The molecule has 3 N–H and O–H groups in total. The highest BCUT2D eigenvalue weighted by Crippen LogP contribution is 2.28. The molecule has 0 spiro atoms. The molecule has 1 saturated carbocycles. The number of urea groups is 1. The van der Waals surface area contributed by atoms with Gasteiger partial charge in [0, 0.05) is 13.0 Å². The first-order valence-electron chi connectivity index (χ1n) is 8.67. The van der Waals surface area contributed by atoms with Crippen molar-refractivity contribution in [1.82, 2.24) is 20.8 Å². The molecular formula is C18H24N4O3. The van der Waals surface area contributed by atoms with Crippen LogP contribution in [0.15, 0.2) is 34.9 Å². The van der Waals surface area contributed by atoms with Crippen molar-refractivity contribution >= 4 is 6.03 Å². The van der Waals surface area contributed by atoms with E-state index in [9.17, 15) is 9.90 Å². The number of carbonyl (C=O) groups is 1. The first-order valence-corrected chi connectivity index (χ1v) is 8.67. The molecule has 1 aliphatic rings. The summed E-state index contributed by atoms with van der Waals surface area (Å²) in [6, 6.07) is 9.12. The van der Waals surface area contributed by atoms with Crippen LogP contribution < -0.4 is 10.6 Å². The monoisotopic (exact) mass is 344 g/mol. The lowest BCUT2D eigenvalue weighted by atomic mass is 10.0. The molecule has 1 aromatic heterocycles. The predicted molar refractivity (Wildman–Crippen MR) is 91.9 cm³/mol. The van der Waals surface area contributed by atoms with Crippen molar-refractivity contribution in [3.63, 3.8) is 0 Å². The zero-order valence-electron chi connectivity index (χ0n) is 14.4. The van der Waals surface area contributed by atoms with E-state index in [1.54, 1.807) is 6.92 Å². The van der Waals surface area contributed by atoms with E-state index in [-0.39, 0.29) is 12.6 Å². The second-order valence-corrected chi connectivity index (χ2v) is 6.69. The van der Waals surface area contributed by atoms with Gasteiger partial charge in [0.1, 0.15) is 6.04 Å². The zero-order valence-corrected chi connectivity index (χ0v) is 14.4. The number of carbonyl (C=O) groups excluding carboxylic acids is 1. The van der Waals surface area contributed by atoms with Crippen LogP contribution in [0.25, 0.3) is 0 Å². The summed E-state index contributed by atoms with van der Waals surface area (Å²) in [6.45, 7) is 2.04. The molecule has 2 aromatic rings. The number of hydrogen-bond donors (Lipinski definition) is 3. The summed E-state index contributed by atoms with van der Waals surface area (Å²) in [5.41, 5.74) is 0.325. The molecule has 1 unspecified atom stereocenters. The van der Waals surface area contributed by atoms with E-state index in [0.717, 1.165) is 31.2 Å². The number of hydrogen-bond acceptors (Lipinski definition) is 5. The van der Waals surface area contributed by atoms with Crippen LogP contribution in [0.3, 0.4) is 0 Å². The molecule has 1 heterocycles. The highest BCUT2D eigenvalue weighted by molar-refractivity contribution is 5.74. The number of aliphatic hydroxyl groups is 1. The zero-order chi connectivity index (χ0) is 17.7. The lowest BCUT2D eigenvalue weighted by Crippen LogP contribution is -2.45. The number of nitrogens with zero attached hydrogens (tertiary/aromatic N) is 2. The maximum Gasteiger partial charge on any atom is 0.315 e. The molecule has 25 heavy (non-hydrogen) atoms. The van der Waals surface area contributed by atoms with Crippen LogP contribution in [0.1, 0.15) is 55.9 Å². The van der Waals surface area contributed by atoms with Gasteiger partial charge in [0.15, 0.2) is 5.82 Å². The molecule has 1 aromatic carbocycles. The van der Waals surface area contributed by atoms with Crippen molar-refractivity contribution in [3.05, 3.63) is 47.6 Å². The van der Waals surface area contributed by atoms with E-state index < -0.39 is 11.6 Å². The van der Waals surface area contributed by atoms with Crippen molar-refractivity contribution in [2.24, 2.45) is 0 Å². The Bertz CT molecular complexity index is 695. The Labute approximate surface area is 146 Å². The van der Waals surface area contributed by atoms with E-state index in [4.69, 9.17) is 4.52 Å². The fourth-order valence-electron chi connectivity index (χ4n) is 3.06. The van der Waals surface area contributed by atoms with E-state index >= 15 is 0 Å². The fourth-order valence-corrected chi connectivity index (χ4v) is 3.06. The van der Waals surface area contributed by atoms with E-state index in [0.29, 0.717) is 18.1 Å². The summed E-state index contributed by atoms with van der Waals surface area (Å²) < 4.78 is 5.24. The second-order valence-electron chi connectivity index (χ2n) is 6.69.